The Kier molecular flexibility index (Phi) is 5.02. The lowest BCUT2D eigenvalue weighted by atomic mass is 10.2. The van der Waals surface area contributed by atoms with Crippen LogP contribution in [0.15, 0.2) is 56.2 Å². The van der Waals surface area contributed by atoms with Gasteiger partial charge in [0.1, 0.15) is 6.54 Å². The Morgan fingerprint density at radius 1 is 1.23 bits per heavy atom. The Hall–Kier alpha value is -3.99. The predicted molar refractivity (Wildman–Crippen MR) is 102 cm³/mol. The van der Waals surface area contributed by atoms with Crippen LogP contribution in [0.2, 0.25) is 5.02 Å². The summed E-state index contributed by atoms with van der Waals surface area (Å²) in [6.07, 6.45) is 0. The van der Waals surface area contributed by atoms with Gasteiger partial charge in [-0.25, -0.2) is 4.79 Å². The van der Waals surface area contributed by atoms with Gasteiger partial charge in [0.15, 0.2) is 12.2 Å². The van der Waals surface area contributed by atoms with Gasteiger partial charge in [0, 0.05) is 16.7 Å². The number of nitro groups is 1. The van der Waals surface area contributed by atoms with E-state index >= 15 is 0 Å². The number of benzene rings is 2. The molecule has 2 aromatic heterocycles. The van der Waals surface area contributed by atoms with E-state index in [0.717, 1.165) is 10.6 Å². The standard InChI is InChI=1S/C18H11ClN4O7/c19-11-3-1-10(2-4-11)17-20-15(30-21-17)9-28-16(24)8-22-13-6-5-12(23(26)27)7-14(13)29-18(22)25/h1-7H,8-9H2. The highest BCUT2D eigenvalue weighted by Gasteiger charge is 2.18. The van der Waals surface area contributed by atoms with Gasteiger partial charge in [-0.3, -0.25) is 19.5 Å². The second-order valence-corrected chi connectivity index (χ2v) is 6.48. The summed E-state index contributed by atoms with van der Waals surface area (Å²) < 4.78 is 16.1. The first-order chi connectivity index (χ1) is 14.4. The van der Waals surface area contributed by atoms with Gasteiger partial charge in [0.2, 0.25) is 5.82 Å². The molecule has 152 valence electrons. The summed E-state index contributed by atoms with van der Waals surface area (Å²) in [6.45, 7) is -0.753. The summed E-state index contributed by atoms with van der Waals surface area (Å²) in [4.78, 5) is 38.4. The molecule has 0 aliphatic rings. The quantitative estimate of drug-likeness (QED) is 0.256. The van der Waals surface area contributed by atoms with Crippen molar-refractivity contribution in [3.8, 4) is 11.4 Å². The highest BCUT2D eigenvalue weighted by molar-refractivity contribution is 6.30. The first-order valence-corrected chi connectivity index (χ1v) is 8.80. The summed E-state index contributed by atoms with van der Waals surface area (Å²) in [7, 11) is 0. The van der Waals surface area contributed by atoms with Gasteiger partial charge in [-0.05, 0) is 30.3 Å². The fourth-order valence-electron chi connectivity index (χ4n) is 2.67. The number of hydrogen-bond donors (Lipinski definition) is 0. The molecule has 2 heterocycles. The fourth-order valence-corrected chi connectivity index (χ4v) is 2.79. The molecule has 4 rings (SSSR count). The van der Waals surface area contributed by atoms with Gasteiger partial charge in [0.25, 0.3) is 11.6 Å². The van der Waals surface area contributed by atoms with Gasteiger partial charge in [-0.2, -0.15) is 4.98 Å². The van der Waals surface area contributed by atoms with Gasteiger partial charge in [-0.15, -0.1) is 0 Å². The number of ether oxygens (including phenoxy) is 1. The number of nitrogens with zero attached hydrogens (tertiary/aromatic N) is 4. The Balaban J connectivity index is 1.43. The number of carbonyl (C=O) groups is 1. The summed E-state index contributed by atoms with van der Waals surface area (Å²) in [5, 5.41) is 15.2. The molecule has 0 saturated heterocycles. The smallest absolute Gasteiger partial charge is 0.420 e. The number of carbonyl (C=O) groups excluding carboxylic acids is 1. The van der Waals surface area contributed by atoms with E-state index in [1.165, 1.54) is 12.1 Å². The number of hydrogen-bond acceptors (Lipinski definition) is 9. The van der Waals surface area contributed by atoms with E-state index in [0.29, 0.717) is 16.4 Å². The molecular weight excluding hydrogens is 420 g/mol. The summed E-state index contributed by atoms with van der Waals surface area (Å²) in [6, 6.07) is 10.4. The Bertz CT molecular complexity index is 1310. The molecule has 4 aromatic rings. The van der Waals surface area contributed by atoms with E-state index in [9.17, 15) is 19.7 Å². The lowest BCUT2D eigenvalue weighted by Gasteiger charge is -2.02. The van der Waals surface area contributed by atoms with Crippen LogP contribution in [0.3, 0.4) is 0 Å². The second kappa shape index (κ2) is 7.79. The zero-order valence-electron chi connectivity index (χ0n) is 15.0. The summed E-state index contributed by atoms with van der Waals surface area (Å²) >= 11 is 5.83. The number of esters is 1. The van der Waals surface area contributed by atoms with E-state index in [-0.39, 0.29) is 29.3 Å². The zero-order valence-corrected chi connectivity index (χ0v) is 15.7. The van der Waals surface area contributed by atoms with Crippen LogP contribution in [0.25, 0.3) is 22.5 Å². The average Bonchev–Trinajstić information content (AvgIpc) is 3.31. The molecule has 0 amide bonds. The number of fused-ring (bicyclic) bond motifs is 1. The monoisotopic (exact) mass is 430 g/mol. The number of rotatable bonds is 6. The number of nitro benzene ring substituents is 1. The SMILES string of the molecule is O=C(Cn1c(=O)oc2cc([N+](=O)[O-])ccc21)OCc1nc(-c2ccc(Cl)cc2)no1. The van der Waals surface area contributed by atoms with Crippen molar-refractivity contribution >= 4 is 34.4 Å². The molecule has 0 fully saturated rings. The zero-order chi connectivity index (χ0) is 21.3. The highest BCUT2D eigenvalue weighted by Crippen LogP contribution is 2.21. The minimum Gasteiger partial charge on any atom is -0.454 e. The van der Waals surface area contributed by atoms with Gasteiger partial charge in [-0.1, -0.05) is 16.8 Å². The van der Waals surface area contributed by atoms with Crippen LogP contribution < -0.4 is 5.76 Å². The number of aromatic nitrogens is 3. The predicted octanol–water partition coefficient (Wildman–Crippen LogP) is 2.95. The van der Waals surface area contributed by atoms with Gasteiger partial charge in [0.05, 0.1) is 16.5 Å². The first kappa shape index (κ1) is 19.3. The number of non-ortho nitro benzene ring substituents is 1. The van der Waals surface area contributed by atoms with Gasteiger partial charge >= 0.3 is 11.7 Å². The summed E-state index contributed by atoms with van der Waals surface area (Å²) in [5.74, 6) is -1.24. The Labute approximate surface area is 171 Å². The largest absolute Gasteiger partial charge is 0.454 e. The molecule has 0 aliphatic carbocycles. The highest BCUT2D eigenvalue weighted by atomic mass is 35.5. The molecule has 12 heteroatoms. The van der Waals surface area contributed by atoms with E-state index < -0.39 is 23.2 Å². The summed E-state index contributed by atoms with van der Waals surface area (Å²) in [5.41, 5.74) is 0.655. The van der Waals surface area contributed by atoms with E-state index in [1.807, 2.05) is 0 Å². The van der Waals surface area contributed by atoms with E-state index in [2.05, 4.69) is 10.1 Å². The van der Waals surface area contributed by atoms with Crippen molar-refractivity contribution in [3.05, 3.63) is 74.0 Å². The van der Waals surface area contributed by atoms with Crippen LogP contribution in [0, 0.1) is 10.1 Å². The molecular formula is C18H11ClN4O7. The molecule has 11 nitrogen and oxygen atoms in total. The van der Waals surface area contributed by atoms with Crippen LogP contribution in [0.1, 0.15) is 5.89 Å². The van der Waals surface area contributed by atoms with Crippen molar-refractivity contribution in [2.24, 2.45) is 0 Å². The Morgan fingerprint density at radius 2 is 2.00 bits per heavy atom. The van der Waals surface area contributed by atoms with Crippen LogP contribution in [0.5, 0.6) is 0 Å². The second-order valence-electron chi connectivity index (χ2n) is 6.04. The first-order valence-electron chi connectivity index (χ1n) is 8.42. The topological polar surface area (TPSA) is 144 Å². The van der Waals surface area contributed by atoms with Crippen LogP contribution in [-0.2, 0) is 22.7 Å². The van der Waals surface area contributed by atoms with Gasteiger partial charge < -0.3 is 13.7 Å². The maximum absolute atomic E-state index is 12.1. The van der Waals surface area contributed by atoms with Crippen molar-refractivity contribution in [1.82, 2.24) is 14.7 Å². The van der Waals surface area contributed by atoms with Crippen LogP contribution in [0.4, 0.5) is 5.69 Å². The molecule has 2 aromatic carbocycles. The normalized spacial score (nSPS) is 11.0. The third-order valence-corrected chi connectivity index (χ3v) is 4.33. The van der Waals surface area contributed by atoms with Crippen molar-refractivity contribution in [3.63, 3.8) is 0 Å². The molecule has 0 bridgehead atoms. The number of halogens is 1. The van der Waals surface area contributed by atoms with Crippen LogP contribution >= 0.6 is 11.6 Å². The van der Waals surface area contributed by atoms with E-state index in [1.54, 1.807) is 24.3 Å². The molecule has 0 aliphatic heterocycles. The fraction of sp³-hybridized carbons (Fsp3) is 0.111. The molecule has 0 saturated carbocycles. The van der Waals surface area contributed by atoms with E-state index in [4.69, 9.17) is 25.3 Å². The van der Waals surface area contributed by atoms with Crippen LogP contribution in [-0.4, -0.2) is 25.6 Å². The third kappa shape index (κ3) is 3.91. The molecule has 0 radical (unpaired) electrons. The lowest BCUT2D eigenvalue weighted by molar-refractivity contribution is -0.384. The lowest BCUT2D eigenvalue weighted by Crippen LogP contribution is -2.21. The van der Waals surface area contributed by atoms with Crippen molar-refractivity contribution in [1.29, 1.82) is 0 Å². The minimum absolute atomic E-state index is 0.00786. The minimum atomic E-state index is -0.842. The van der Waals surface area contributed by atoms with Crippen molar-refractivity contribution in [2.45, 2.75) is 13.2 Å². The molecule has 0 unspecified atom stereocenters. The van der Waals surface area contributed by atoms with Crippen molar-refractivity contribution < 1.29 is 23.4 Å². The molecule has 0 atom stereocenters. The molecule has 0 spiro atoms. The third-order valence-electron chi connectivity index (χ3n) is 4.08. The average molecular weight is 431 g/mol. The maximum atomic E-state index is 12.1. The maximum Gasteiger partial charge on any atom is 0.420 e. The Morgan fingerprint density at radius 3 is 2.73 bits per heavy atom. The molecule has 30 heavy (non-hydrogen) atoms. The number of oxazole rings is 1. The molecule has 0 N–H and O–H groups in total. The van der Waals surface area contributed by atoms with Crippen molar-refractivity contribution in [2.75, 3.05) is 0 Å².